The first-order chi connectivity index (χ1) is 18.3. The number of rotatable bonds is 20. The van der Waals surface area contributed by atoms with Crippen LogP contribution >= 0.6 is 0 Å². The van der Waals surface area contributed by atoms with Gasteiger partial charge in [-0.25, -0.2) is 0 Å². The summed E-state index contributed by atoms with van der Waals surface area (Å²) in [6.07, 6.45) is 17.7. The molecule has 3 heteroatoms. The number of hydrogen-bond donors (Lipinski definition) is 0. The van der Waals surface area contributed by atoms with Crippen molar-refractivity contribution in [2.24, 2.45) is 0 Å². The van der Waals surface area contributed by atoms with Crippen molar-refractivity contribution in [2.45, 2.75) is 104 Å². The predicted octanol–water partition coefficient (Wildman–Crippen LogP) is 10.9. The van der Waals surface area contributed by atoms with Gasteiger partial charge >= 0.3 is 0 Å². The average molecular weight is 505 g/mol. The standard InChI is InChI=1S/C34H48O3/c1-3-5-7-9-11-13-18-27-35-31-24-20-21-29-25-26-32(37-30-22-16-15-17-23-30)34(33(29)31)36-28-19-14-12-10-8-6-4-2/h15-17,20-26H,3-14,18-19,27-28H2,1-2H3. The Hall–Kier alpha value is -2.68. The summed E-state index contributed by atoms with van der Waals surface area (Å²) in [7, 11) is 0. The van der Waals surface area contributed by atoms with Gasteiger partial charge in [-0.15, -0.1) is 0 Å². The summed E-state index contributed by atoms with van der Waals surface area (Å²) in [6, 6.07) is 20.3. The third-order valence-corrected chi connectivity index (χ3v) is 6.89. The second-order valence-corrected chi connectivity index (χ2v) is 10.1. The van der Waals surface area contributed by atoms with Gasteiger partial charge in [-0.3, -0.25) is 0 Å². The van der Waals surface area contributed by atoms with E-state index in [2.05, 4.69) is 38.1 Å². The van der Waals surface area contributed by atoms with Crippen molar-refractivity contribution in [1.29, 1.82) is 0 Å². The average Bonchev–Trinajstić information content (AvgIpc) is 2.93. The molecule has 0 fully saturated rings. The summed E-state index contributed by atoms with van der Waals surface area (Å²) in [5.41, 5.74) is 0. The number of unbranched alkanes of at least 4 members (excludes halogenated alkanes) is 12. The number of benzene rings is 3. The quantitative estimate of drug-likeness (QED) is 0.143. The first-order valence-corrected chi connectivity index (χ1v) is 14.9. The van der Waals surface area contributed by atoms with Crippen molar-refractivity contribution < 1.29 is 14.2 Å². The largest absolute Gasteiger partial charge is 0.493 e. The van der Waals surface area contributed by atoms with E-state index in [1.165, 1.54) is 77.0 Å². The molecule has 0 unspecified atom stereocenters. The monoisotopic (exact) mass is 504 g/mol. The van der Waals surface area contributed by atoms with Crippen LogP contribution in [0.3, 0.4) is 0 Å². The fourth-order valence-electron chi connectivity index (χ4n) is 4.73. The van der Waals surface area contributed by atoms with E-state index in [9.17, 15) is 0 Å². The molecule has 0 saturated carbocycles. The van der Waals surface area contributed by atoms with Gasteiger partial charge in [-0.1, -0.05) is 127 Å². The predicted molar refractivity (Wildman–Crippen MR) is 157 cm³/mol. The van der Waals surface area contributed by atoms with Gasteiger partial charge in [-0.2, -0.15) is 0 Å². The van der Waals surface area contributed by atoms with Crippen LogP contribution in [0.4, 0.5) is 0 Å². The van der Waals surface area contributed by atoms with Crippen LogP contribution in [0.15, 0.2) is 60.7 Å². The molecule has 202 valence electrons. The Morgan fingerprint density at radius 1 is 0.486 bits per heavy atom. The van der Waals surface area contributed by atoms with E-state index in [-0.39, 0.29) is 0 Å². The molecule has 3 rings (SSSR count). The Bertz CT molecular complexity index is 999. The van der Waals surface area contributed by atoms with Crippen molar-refractivity contribution in [3.05, 3.63) is 60.7 Å². The van der Waals surface area contributed by atoms with Gasteiger partial charge in [0, 0.05) is 0 Å². The smallest absolute Gasteiger partial charge is 0.173 e. The summed E-state index contributed by atoms with van der Waals surface area (Å²) in [4.78, 5) is 0. The molecule has 3 aromatic rings. The molecule has 0 atom stereocenters. The Morgan fingerprint density at radius 3 is 1.73 bits per heavy atom. The lowest BCUT2D eigenvalue weighted by atomic mass is 10.1. The maximum atomic E-state index is 6.47. The van der Waals surface area contributed by atoms with E-state index >= 15 is 0 Å². The van der Waals surface area contributed by atoms with Crippen LogP contribution in [-0.2, 0) is 0 Å². The molecule has 0 saturated heterocycles. The number of ether oxygens (including phenoxy) is 3. The zero-order valence-electron chi connectivity index (χ0n) is 23.3. The van der Waals surface area contributed by atoms with Crippen molar-refractivity contribution in [1.82, 2.24) is 0 Å². The van der Waals surface area contributed by atoms with Crippen molar-refractivity contribution in [3.63, 3.8) is 0 Å². The van der Waals surface area contributed by atoms with E-state index in [0.717, 1.165) is 53.2 Å². The van der Waals surface area contributed by atoms with E-state index in [4.69, 9.17) is 14.2 Å². The van der Waals surface area contributed by atoms with Gasteiger partial charge < -0.3 is 14.2 Å². The van der Waals surface area contributed by atoms with Gasteiger partial charge in [0.05, 0.1) is 18.6 Å². The highest BCUT2D eigenvalue weighted by atomic mass is 16.5. The first-order valence-electron chi connectivity index (χ1n) is 14.9. The highest BCUT2D eigenvalue weighted by molar-refractivity contribution is 5.96. The third-order valence-electron chi connectivity index (χ3n) is 6.89. The lowest BCUT2D eigenvalue weighted by molar-refractivity contribution is 0.288. The molecule has 3 aromatic carbocycles. The molecular weight excluding hydrogens is 456 g/mol. The molecule has 0 aliphatic heterocycles. The second kappa shape index (κ2) is 17.7. The molecule has 0 N–H and O–H groups in total. The molecule has 0 bridgehead atoms. The molecular formula is C34H48O3. The van der Waals surface area contributed by atoms with Crippen LogP contribution in [0.5, 0.6) is 23.0 Å². The molecule has 3 nitrogen and oxygen atoms in total. The third kappa shape index (κ3) is 10.3. The zero-order chi connectivity index (χ0) is 26.0. The number of para-hydroxylation sites is 1. The molecule has 0 aromatic heterocycles. The minimum Gasteiger partial charge on any atom is -0.493 e. The van der Waals surface area contributed by atoms with Crippen LogP contribution in [0.1, 0.15) is 104 Å². The minimum absolute atomic E-state index is 0.685. The lowest BCUT2D eigenvalue weighted by Crippen LogP contribution is -2.03. The van der Waals surface area contributed by atoms with Gasteiger partial charge in [0.1, 0.15) is 11.5 Å². The molecule has 0 aliphatic rings. The van der Waals surface area contributed by atoms with Crippen LogP contribution in [0.2, 0.25) is 0 Å². The fourth-order valence-corrected chi connectivity index (χ4v) is 4.73. The van der Waals surface area contributed by atoms with Crippen LogP contribution in [-0.4, -0.2) is 13.2 Å². The molecule has 0 heterocycles. The highest BCUT2D eigenvalue weighted by Gasteiger charge is 2.16. The van der Waals surface area contributed by atoms with E-state index in [0.29, 0.717) is 6.61 Å². The van der Waals surface area contributed by atoms with Crippen molar-refractivity contribution >= 4 is 10.8 Å². The minimum atomic E-state index is 0.685. The molecule has 0 aliphatic carbocycles. The summed E-state index contributed by atoms with van der Waals surface area (Å²) < 4.78 is 19.1. The van der Waals surface area contributed by atoms with Crippen LogP contribution in [0, 0.1) is 0 Å². The SMILES string of the molecule is CCCCCCCCCOc1cccc2ccc(Oc3ccccc3)c(OCCCCCCCCC)c12. The van der Waals surface area contributed by atoms with Gasteiger partial charge in [0.15, 0.2) is 11.5 Å². The van der Waals surface area contributed by atoms with Crippen LogP contribution in [0.25, 0.3) is 10.8 Å². The highest BCUT2D eigenvalue weighted by Crippen LogP contribution is 2.43. The van der Waals surface area contributed by atoms with Gasteiger partial charge in [0.25, 0.3) is 0 Å². The maximum absolute atomic E-state index is 6.47. The Labute approximate surface area is 225 Å². The summed E-state index contributed by atoms with van der Waals surface area (Å²) in [5.74, 6) is 3.23. The molecule has 0 radical (unpaired) electrons. The van der Waals surface area contributed by atoms with Gasteiger partial charge in [-0.05, 0) is 42.5 Å². The Balaban J connectivity index is 1.68. The van der Waals surface area contributed by atoms with Crippen molar-refractivity contribution in [3.8, 4) is 23.0 Å². The van der Waals surface area contributed by atoms with E-state index in [1.54, 1.807) is 0 Å². The van der Waals surface area contributed by atoms with Gasteiger partial charge in [0.2, 0.25) is 0 Å². The van der Waals surface area contributed by atoms with Crippen molar-refractivity contribution in [2.75, 3.05) is 13.2 Å². The summed E-state index contributed by atoms with van der Waals surface area (Å²) >= 11 is 0. The first kappa shape index (κ1) is 28.9. The van der Waals surface area contributed by atoms with E-state index in [1.807, 2.05) is 36.4 Å². The Morgan fingerprint density at radius 2 is 1.08 bits per heavy atom. The Kier molecular flexibility index (Phi) is 13.8. The zero-order valence-corrected chi connectivity index (χ0v) is 23.3. The molecule has 37 heavy (non-hydrogen) atoms. The van der Waals surface area contributed by atoms with Crippen LogP contribution < -0.4 is 14.2 Å². The topological polar surface area (TPSA) is 27.7 Å². The molecule has 0 spiro atoms. The maximum Gasteiger partial charge on any atom is 0.173 e. The fraction of sp³-hybridized carbons (Fsp3) is 0.529. The number of hydrogen-bond acceptors (Lipinski definition) is 3. The lowest BCUT2D eigenvalue weighted by Gasteiger charge is -2.18. The van der Waals surface area contributed by atoms with E-state index < -0.39 is 0 Å². The summed E-state index contributed by atoms with van der Waals surface area (Å²) in [5, 5.41) is 2.13. The second-order valence-electron chi connectivity index (χ2n) is 10.1. The summed E-state index contributed by atoms with van der Waals surface area (Å²) in [6.45, 7) is 5.94. The number of fused-ring (bicyclic) bond motifs is 1. The molecule has 0 amide bonds. The normalized spacial score (nSPS) is 11.1.